The lowest BCUT2D eigenvalue weighted by Gasteiger charge is -2.03. The Morgan fingerprint density at radius 2 is 1.93 bits per heavy atom. The van der Waals surface area contributed by atoms with Crippen LogP contribution in [0.5, 0.6) is 0 Å². The van der Waals surface area contributed by atoms with Gasteiger partial charge in [-0.3, -0.25) is 4.79 Å². The Morgan fingerprint density at radius 3 is 2.71 bits per heavy atom. The van der Waals surface area contributed by atoms with Gasteiger partial charge in [0.25, 0.3) is 0 Å². The molecule has 4 rings (SSSR count). The van der Waals surface area contributed by atoms with Gasteiger partial charge < -0.3 is 9.73 Å². The highest BCUT2D eigenvalue weighted by Crippen LogP contribution is 2.49. The molecule has 1 N–H and O–H groups in total. The zero-order chi connectivity index (χ0) is 19.5. The third kappa shape index (κ3) is 4.44. The number of hydrogen-bond acceptors (Lipinski definition) is 2. The van der Waals surface area contributed by atoms with Crippen LogP contribution in [0.4, 0.5) is 4.39 Å². The van der Waals surface area contributed by atoms with Crippen molar-refractivity contribution in [2.45, 2.75) is 44.9 Å². The molecule has 146 valence electrons. The van der Waals surface area contributed by atoms with E-state index in [1.165, 1.54) is 28.6 Å². The Kier molecular flexibility index (Phi) is 5.47. The van der Waals surface area contributed by atoms with E-state index in [9.17, 15) is 9.18 Å². The molecule has 0 aliphatic heterocycles. The number of furan rings is 1. The number of rotatable bonds is 8. The normalized spacial score (nSPS) is 18.4. The van der Waals surface area contributed by atoms with Crippen LogP contribution in [-0.2, 0) is 17.6 Å². The van der Waals surface area contributed by atoms with Gasteiger partial charge in [-0.15, -0.1) is 0 Å². The van der Waals surface area contributed by atoms with Gasteiger partial charge >= 0.3 is 0 Å². The minimum atomic E-state index is -0.184. The molecule has 2 aromatic carbocycles. The fourth-order valence-electron chi connectivity index (χ4n) is 3.99. The first-order valence-electron chi connectivity index (χ1n) is 10.1. The lowest BCUT2D eigenvalue weighted by atomic mass is 10.0. The number of carbonyl (C=O) groups is 1. The number of hydrogen-bond donors (Lipinski definition) is 1. The van der Waals surface area contributed by atoms with Gasteiger partial charge in [0.2, 0.25) is 5.91 Å². The summed E-state index contributed by atoms with van der Waals surface area (Å²) in [4.78, 5) is 11.1. The summed E-state index contributed by atoms with van der Waals surface area (Å²) in [6.07, 6.45) is 5.09. The first-order valence-corrected chi connectivity index (χ1v) is 10.1. The molecular weight excluding hydrogens is 353 g/mol. The summed E-state index contributed by atoms with van der Waals surface area (Å²) >= 11 is 0. The monoisotopic (exact) mass is 379 g/mol. The second kappa shape index (κ2) is 8.17. The van der Waals surface area contributed by atoms with Crippen molar-refractivity contribution >= 4 is 16.9 Å². The average molecular weight is 379 g/mol. The Bertz CT molecular complexity index is 960. The summed E-state index contributed by atoms with van der Waals surface area (Å²) in [6.45, 7) is 2.32. The molecule has 3 aromatic rings. The molecule has 3 nitrogen and oxygen atoms in total. The van der Waals surface area contributed by atoms with Crippen LogP contribution < -0.4 is 5.32 Å². The van der Waals surface area contributed by atoms with Crippen LogP contribution in [0.15, 0.2) is 52.9 Å². The number of carbonyl (C=O) groups excluding carboxylic acids is 1. The molecule has 2 atom stereocenters. The zero-order valence-corrected chi connectivity index (χ0v) is 16.2. The topological polar surface area (TPSA) is 42.2 Å². The second-order valence-electron chi connectivity index (χ2n) is 7.84. The van der Waals surface area contributed by atoms with E-state index in [0.29, 0.717) is 11.8 Å². The van der Waals surface area contributed by atoms with Crippen molar-refractivity contribution in [3.63, 3.8) is 0 Å². The highest BCUT2D eigenvalue weighted by atomic mass is 19.1. The summed E-state index contributed by atoms with van der Waals surface area (Å²) in [5, 5.41) is 4.14. The summed E-state index contributed by atoms with van der Waals surface area (Å²) in [5.74, 6) is 1.93. The van der Waals surface area contributed by atoms with Crippen LogP contribution in [0.3, 0.4) is 0 Å². The Morgan fingerprint density at radius 1 is 1.14 bits per heavy atom. The maximum absolute atomic E-state index is 13.0. The summed E-state index contributed by atoms with van der Waals surface area (Å²) in [6, 6.07) is 15.2. The SMILES string of the molecule is CC(=O)NC[C@@H]1C[C@H]1c1cccc2oc(CCCCc3ccc(F)cc3)cc12. The van der Waals surface area contributed by atoms with Crippen molar-refractivity contribution in [3.8, 4) is 0 Å². The Labute approximate surface area is 164 Å². The molecule has 1 aliphatic carbocycles. The lowest BCUT2D eigenvalue weighted by molar-refractivity contribution is -0.119. The molecule has 1 fully saturated rings. The Balaban J connectivity index is 1.34. The van der Waals surface area contributed by atoms with Crippen LogP contribution in [-0.4, -0.2) is 12.5 Å². The van der Waals surface area contributed by atoms with Crippen molar-refractivity contribution in [1.82, 2.24) is 5.32 Å². The van der Waals surface area contributed by atoms with Crippen LogP contribution in [0.25, 0.3) is 11.0 Å². The van der Waals surface area contributed by atoms with Crippen molar-refractivity contribution in [2.75, 3.05) is 6.54 Å². The first kappa shape index (κ1) is 18.7. The van der Waals surface area contributed by atoms with Crippen molar-refractivity contribution < 1.29 is 13.6 Å². The molecule has 1 saturated carbocycles. The maximum Gasteiger partial charge on any atom is 0.216 e. The molecule has 1 aliphatic rings. The molecule has 4 heteroatoms. The van der Waals surface area contributed by atoms with E-state index in [1.807, 2.05) is 18.2 Å². The fraction of sp³-hybridized carbons (Fsp3) is 0.375. The Hall–Kier alpha value is -2.62. The molecule has 0 spiro atoms. The summed E-state index contributed by atoms with van der Waals surface area (Å²) in [5.41, 5.74) is 3.47. The number of benzene rings is 2. The van der Waals surface area contributed by atoms with E-state index in [2.05, 4.69) is 23.5 Å². The van der Waals surface area contributed by atoms with Gasteiger partial charge in [-0.05, 0) is 72.9 Å². The second-order valence-corrected chi connectivity index (χ2v) is 7.84. The number of aryl methyl sites for hydroxylation is 2. The van der Waals surface area contributed by atoms with Crippen LogP contribution in [0.2, 0.25) is 0 Å². The number of unbranched alkanes of at least 4 members (excludes halogenated alkanes) is 1. The molecule has 0 unspecified atom stereocenters. The van der Waals surface area contributed by atoms with E-state index in [-0.39, 0.29) is 11.7 Å². The number of nitrogens with one attached hydrogen (secondary N) is 1. The van der Waals surface area contributed by atoms with Crippen molar-refractivity contribution in [3.05, 3.63) is 71.2 Å². The molecule has 1 heterocycles. The van der Waals surface area contributed by atoms with E-state index in [4.69, 9.17) is 4.42 Å². The predicted molar refractivity (Wildman–Crippen MR) is 109 cm³/mol. The largest absolute Gasteiger partial charge is 0.461 e. The van der Waals surface area contributed by atoms with Crippen LogP contribution in [0, 0.1) is 11.7 Å². The molecule has 0 radical (unpaired) electrons. The van der Waals surface area contributed by atoms with Gasteiger partial charge in [-0.25, -0.2) is 4.39 Å². The van der Waals surface area contributed by atoms with Crippen LogP contribution >= 0.6 is 0 Å². The molecule has 1 aromatic heterocycles. The first-order chi connectivity index (χ1) is 13.6. The molecule has 1 amide bonds. The summed E-state index contributed by atoms with van der Waals surface area (Å²) < 4.78 is 19.0. The van der Waals surface area contributed by atoms with Gasteiger partial charge in [-0.1, -0.05) is 24.3 Å². The van der Waals surface area contributed by atoms with Crippen molar-refractivity contribution in [1.29, 1.82) is 0 Å². The molecular formula is C24H26FNO2. The summed E-state index contributed by atoms with van der Waals surface area (Å²) in [7, 11) is 0. The third-order valence-corrected chi connectivity index (χ3v) is 5.63. The predicted octanol–water partition coefficient (Wildman–Crippen LogP) is 5.38. The molecule has 0 bridgehead atoms. The lowest BCUT2D eigenvalue weighted by Crippen LogP contribution is -2.22. The molecule has 0 saturated heterocycles. The zero-order valence-electron chi connectivity index (χ0n) is 16.2. The van der Waals surface area contributed by atoms with Gasteiger partial charge in [0.15, 0.2) is 0 Å². The third-order valence-electron chi connectivity index (χ3n) is 5.63. The fourth-order valence-corrected chi connectivity index (χ4v) is 3.99. The number of halogens is 1. The minimum Gasteiger partial charge on any atom is -0.461 e. The minimum absolute atomic E-state index is 0.0371. The van der Waals surface area contributed by atoms with Crippen LogP contribution in [0.1, 0.15) is 49.0 Å². The van der Waals surface area contributed by atoms with E-state index in [0.717, 1.165) is 50.0 Å². The number of fused-ring (bicyclic) bond motifs is 1. The van der Waals surface area contributed by atoms with E-state index >= 15 is 0 Å². The maximum atomic E-state index is 13.0. The quantitative estimate of drug-likeness (QED) is 0.534. The van der Waals surface area contributed by atoms with Gasteiger partial charge in [0, 0.05) is 25.3 Å². The van der Waals surface area contributed by atoms with E-state index < -0.39 is 0 Å². The average Bonchev–Trinajstić information content (AvgIpc) is 3.33. The van der Waals surface area contributed by atoms with Crippen molar-refractivity contribution in [2.24, 2.45) is 5.92 Å². The standard InChI is InChI=1S/C24H26FNO2/c1-16(27)26-15-18-13-22(18)21-7-4-8-24-23(21)14-20(28-24)6-3-2-5-17-9-11-19(25)12-10-17/h4,7-12,14,18,22H,2-3,5-6,13,15H2,1H3,(H,26,27)/t18-,22+/m0/s1. The molecule has 28 heavy (non-hydrogen) atoms. The highest BCUT2D eigenvalue weighted by molar-refractivity contribution is 5.83. The smallest absolute Gasteiger partial charge is 0.216 e. The highest BCUT2D eigenvalue weighted by Gasteiger charge is 2.39. The van der Waals surface area contributed by atoms with Gasteiger partial charge in [-0.2, -0.15) is 0 Å². The number of amides is 1. The van der Waals surface area contributed by atoms with Gasteiger partial charge in [0.05, 0.1) is 0 Å². The van der Waals surface area contributed by atoms with Gasteiger partial charge in [0.1, 0.15) is 17.2 Å². The van der Waals surface area contributed by atoms with E-state index in [1.54, 1.807) is 6.92 Å².